The van der Waals surface area contributed by atoms with E-state index < -0.39 is 0 Å². The first-order chi connectivity index (χ1) is 9.01. The van der Waals surface area contributed by atoms with Crippen molar-refractivity contribution in [3.63, 3.8) is 0 Å². The van der Waals surface area contributed by atoms with Crippen LogP contribution < -0.4 is 10.1 Å². The van der Waals surface area contributed by atoms with Gasteiger partial charge in [0.25, 0.3) is 0 Å². The van der Waals surface area contributed by atoms with Crippen LogP contribution in [-0.2, 0) is 6.42 Å². The lowest BCUT2D eigenvalue weighted by Crippen LogP contribution is -2.17. The summed E-state index contributed by atoms with van der Waals surface area (Å²) in [6, 6.07) is 2.12. The van der Waals surface area contributed by atoms with Crippen molar-refractivity contribution >= 4 is 0 Å². The molecule has 0 amide bonds. The molecular formula is C16H28N2O. The third-order valence-electron chi connectivity index (χ3n) is 3.29. The normalized spacial score (nSPS) is 11.4. The Morgan fingerprint density at radius 3 is 2.37 bits per heavy atom. The molecule has 3 heteroatoms. The summed E-state index contributed by atoms with van der Waals surface area (Å²) < 4.78 is 5.75. The van der Waals surface area contributed by atoms with E-state index in [1.54, 1.807) is 0 Å². The Hall–Kier alpha value is -1.09. The van der Waals surface area contributed by atoms with Crippen molar-refractivity contribution < 1.29 is 4.74 Å². The van der Waals surface area contributed by atoms with Gasteiger partial charge in [0, 0.05) is 12.6 Å². The third kappa shape index (κ3) is 4.20. The fraction of sp³-hybridized carbons (Fsp3) is 0.688. The van der Waals surface area contributed by atoms with Crippen LogP contribution in [0.1, 0.15) is 63.3 Å². The van der Waals surface area contributed by atoms with Gasteiger partial charge in [0.05, 0.1) is 5.69 Å². The lowest BCUT2D eigenvalue weighted by atomic mass is 9.91. The van der Waals surface area contributed by atoms with Crippen LogP contribution in [0.25, 0.3) is 0 Å². The SMILES string of the molecule is CCc1c(C(C)C)cc(OCCNC)nc1C(C)C. The highest BCUT2D eigenvalue weighted by molar-refractivity contribution is 5.38. The Morgan fingerprint density at radius 2 is 1.89 bits per heavy atom. The number of hydrogen-bond acceptors (Lipinski definition) is 3. The smallest absolute Gasteiger partial charge is 0.213 e. The van der Waals surface area contributed by atoms with Crippen LogP contribution >= 0.6 is 0 Å². The number of rotatable bonds is 7. The van der Waals surface area contributed by atoms with E-state index >= 15 is 0 Å². The lowest BCUT2D eigenvalue weighted by molar-refractivity contribution is 0.304. The van der Waals surface area contributed by atoms with Gasteiger partial charge in [0.1, 0.15) is 6.61 Å². The minimum atomic E-state index is 0.431. The van der Waals surface area contributed by atoms with E-state index in [-0.39, 0.29) is 0 Å². The topological polar surface area (TPSA) is 34.1 Å². The standard InChI is InChI=1S/C16H28N2O/c1-7-13-14(11(2)3)10-15(19-9-8-17-6)18-16(13)12(4)5/h10-12,17H,7-9H2,1-6H3. The molecule has 0 aliphatic rings. The third-order valence-corrected chi connectivity index (χ3v) is 3.29. The zero-order valence-corrected chi connectivity index (χ0v) is 13.2. The number of nitrogens with one attached hydrogen (secondary N) is 1. The van der Waals surface area contributed by atoms with E-state index in [9.17, 15) is 0 Å². The largest absolute Gasteiger partial charge is 0.476 e. The Morgan fingerprint density at radius 1 is 1.21 bits per heavy atom. The van der Waals surface area contributed by atoms with Crippen LogP contribution in [0, 0.1) is 0 Å². The van der Waals surface area contributed by atoms with E-state index in [0.717, 1.165) is 18.8 Å². The van der Waals surface area contributed by atoms with Gasteiger partial charge in [0.15, 0.2) is 0 Å². The summed E-state index contributed by atoms with van der Waals surface area (Å²) in [4.78, 5) is 4.71. The summed E-state index contributed by atoms with van der Waals surface area (Å²) >= 11 is 0. The number of ether oxygens (including phenoxy) is 1. The first-order valence-corrected chi connectivity index (χ1v) is 7.32. The summed E-state index contributed by atoms with van der Waals surface area (Å²) in [5.74, 6) is 1.70. The molecule has 0 atom stereocenters. The van der Waals surface area contributed by atoms with E-state index in [4.69, 9.17) is 9.72 Å². The van der Waals surface area contributed by atoms with Gasteiger partial charge in [-0.15, -0.1) is 0 Å². The molecule has 0 aromatic carbocycles. The summed E-state index contributed by atoms with van der Waals surface area (Å²) in [5.41, 5.74) is 3.96. The highest BCUT2D eigenvalue weighted by Crippen LogP contribution is 2.30. The Labute approximate surface area is 117 Å². The molecule has 0 unspecified atom stereocenters. The molecule has 108 valence electrons. The second-order valence-electron chi connectivity index (χ2n) is 5.53. The van der Waals surface area contributed by atoms with E-state index in [1.165, 1.54) is 16.8 Å². The minimum absolute atomic E-state index is 0.431. The van der Waals surface area contributed by atoms with Gasteiger partial charge in [0.2, 0.25) is 5.88 Å². The van der Waals surface area contributed by atoms with Crippen LogP contribution in [0.4, 0.5) is 0 Å². The number of aromatic nitrogens is 1. The molecule has 1 N–H and O–H groups in total. The predicted molar refractivity (Wildman–Crippen MR) is 81.2 cm³/mol. The molecule has 0 saturated heterocycles. The molecule has 0 saturated carbocycles. The monoisotopic (exact) mass is 264 g/mol. The van der Waals surface area contributed by atoms with Crippen molar-refractivity contribution in [2.24, 2.45) is 0 Å². The summed E-state index contributed by atoms with van der Waals surface area (Å²) in [6.07, 6.45) is 1.03. The van der Waals surface area contributed by atoms with Crippen molar-refractivity contribution in [2.75, 3.05) is 20.2 Å². The predicted octanol–water partition coefficient (Wildman–Crippen LogP) is 3.49. The average molecular weight is 264 g/mol. The zero-order chi connectivity index (χ0) is 14.4. The van der Waals surface area contributed by atoms with Crippen molar-refractivity contribution in [3.8, 4) is 5.88 Å². The molecule has 1 rings (SSSR count). The summed E-state index contributed by atoms with van der Waals surface area (Å²) in [5, 5.41) is 3.08. The second-order valence-corrected chi connectivity index (χ2v) is 5.53. The van der Waals surface area contributed by atoms with Crippen molar-refractivity contribution in [3.05, 3.63) is 22.9 Å². The fourth-order valence-corrected chi connectivity index (χ4v) is 2.30. The van der Waals surface area contributed by atoms with Crippen LogP contribution in [-0.4, -0.2) is 25.2 Å². The second kappa shape index (κ2) is 7.49. The van der Waals surface area contributed by atoms with Crippen LogP contribution in [0.2, 0.25) is 0 Å². The molecule has 1 aromatic rings. The van der Waals surface area contributed by atoms with Gasteiger partial charge < -0.3 is 10.1 Å². The maximum Gasteiger partial charge on any atom is 0.213 e. The van der Waals surface area contributed by atoms with Crippen molar-refractivity contribution in [1.29, 1.82) is 0 Å². The summed E-state index contributed by atoms with van der Waals surface area (Å²) in [6.45, 7) is 12.6. The van der Waals surface area contributed by atoms with Gasteiger partial charge in [-0.2, -0.15) is 0 Å². The Bertz CT molecular complexity index is 371. The molecule has 0 bridgehead atoms. The molecule has 0 aliphatic carbocycles. The van der Waals surface area contributed by atoms with Gasteiger partial charge >= 0.3 is 0 Å². The fourth-order valence-electron chi connectivity index (χ4n) is 2.30. The molecule has 1 aromatic heterocycles. The molecular weight excluding hydrogens is 236 g/mol. The van der Waals surface area contributed by atoms with E-state index in [1.807, 2.05) is 7.05 Å². The number of hydrogen-bond donors (Lipinski definition) is 1. The highest BCUT2D eigenvalue weighted by Gasteiger charge is 2.16. The molecule has 0 spiro atoms. The molecule has 0 radical (unpaired) electrons. The van der Waals surface area contributed by atoms with E-state index in [0.29, 0.717) is 18.4 Å². The van der Waals surface area contributed by atoms with Gasteiger partial charge in [-0.25, -0.2) is 4.98 Å². The number of nitrogens with zero attached hydrogens (tertiary/aromatic N) is 1. The average Bonchev–Trinajstić information content (AvgIpc) is 2.37. The number of pyridine rings is 1. The lowest BCUT2D eigenvalue weighted by Gasteiger charge is -2.19. The Kier molecular flexibility index (Phi) is 6.29. The van der Waals surface area contributed by atoms with Crippen LogP contribution in [0.15, 0.2) is 6.07 Å². The van der Waals surface area contributed by atoms with Gasteiger partial charge in [-0.1, -0.05) is 34.6 Å². The van der Waals surface area contributed by atoms with Crippen LogP contribution in [0.3, 0.4) is 0 Å². The maximum absolute atomic E-state index is 5.75. The minimum Gasteiger partial charge on any atom is -0.476 e. The number of likely N-dealkylation sites (N-methyl/N-ethyl adjacent to an activating group) is 1. The first kappa shape index (κ1) is 16.0. The van der Waals surface area contributed by atoms with Crippen molar-refractivity contribution in [1.82, 2.24) is 10.3 Å². The van der Waals surface area contributed by atoms with E-state index in [2.05, 4.69) is 46.0 Å². The molecule has 1 heterocycles. The van der Waals surface area contributed by atoms with Crippen molar-refractivity contribution in [2.45, 2.75) is 52.9 Å². The summed E-state index contributed by atoms with van der Waals surface area (Å²) in [7, 11) is 1.93. The maximum atomic E-state index is 5.75. The zero-order valence-electron chi connectivity index (χ0n) is 13.2. The van der Waals surface area contributed by atoms with Crippen LogP contribution in [0.5, 0.6) is 5.88 Å². The Balaban J connectivity index is 3.13. The first-order valence-electron chi connectivity index (χ1n) is 7.32. The molecule has 0 fully saturated rings. The van der Waals surface area contributed by atoms with Gasteiger partial charge in [-0.3, -0.25) is 0 Å². The molecule has 0 aliphatic heterocycles. The highest BCUT2D eigenvalue weighted by atomic mass is 16.5. The quantitative estimate of drug-likeness (QED) is 0.765. The molecule has 3 nitrogen and oxygen atoms in total. The van der Waals surface area contributed by atoms with Gasteiger partial charge in [-0.05, 0) is 36.4 Å². The molecule has 19 heavy (non-hydrogen) atoms.